The zero-order valence-electron chi connectivity index (χ0n) is 15.4. The minimum Gasteiger partial charge on any atom is -0.481 e. The number of aliphatic hydroxyl groups is 1. The summed E-state index contributed by atoms with van der Waals surface area (Å²) in [5.74, 6) is -1.71. The Morgan fingerprint density at radius 1 is 1.28 bits per heavy atom. The Bertz CT molecular complexity index is 607. The second kappa shape index (κ2) is 6.94. The molecule has 0 spiro atoms. The van der Waals surface area contributed by atoms with Gasteiger partial charge in [-0.3, -0.25) is 4.79 Å². The van der Waals surface area contributed by atoms with Crippen LogP contribution in [0.4, 0.5) is 0 Å². The van der Waals surface area contributed by atoms with Crippen molar-refractivity contribution in [1.82, 2.24) is 0 Å². The number of hydrogen-bond acceptors (Lipinski definition) is 3. The summed E-state index contributed by atoms with van der Waals surface area (Å²) in [6, 6.07) is 0. The quantitative estimate of drug-likeness (QED) is 0.520. The van der Waals surface area contributed by atoms with Crippen LogP contribution in [0, 0.1) is 22.7 Å². The van der Waals surface area contributed by atoms with E-state index in [9.17, 15) is 19.8 Å². The smallest absolute Gasteiger partial charge is 0.328 e. The van der Waals surface area contributed by atoms with Gasteiger partial charge >= 0.3 is 11.9 Å². The van der Waals surface area contributed by atoms with Crippen LogP contribution in [0.15, 0.2) is 23.8 Å². The molecule has 2 aliphatic carbocycles. The second-order valence-corrected chi connectivity index (χ2v) is 8.46. The molecule has 5 nitrogen and oxygen atoms in total. The van der Waals surface area contributed by atoms with Gasteiger partial charge in [0.15, 0.2) is 0 Å². The minimum absolute atomic E-state index is 0.0137. The third kappa shape index (κ3) is 3.66. The number of allylic oxidation sites excluding steroid dienone is 2. The molecular weight excluding hydrogens is 320 g/mol. The van der Waals surface area contributed by atoms with E-state index in [2.05, 4.69) is 13.5 Å². The van der Waals surface area contributed by atoms with Crippen molar-refractivity contribution >= 4 is 11.9 Å². The molecule has 0 aromatic rings. The van der Waals surface area contributed by atoms with E-state index in [-0.39, 0.29) is 17.3 Å². The van der Waals surface area contributed by atoms with Gasteiger partial charge in [0.25, 0.3) is 0 Å². The zero-order valence-corrected chi connectivity index (χ0v) is 15.4. The molecular formula is C20H30O5. The van der Waals surface area contributed by atoms with Gasteiger partial charge in [0, 0.05) is 6.08 Å². The first-order chi connectivity index (χ1) is 11.5. The van der Waals surface area contributed by atoms with Crippen LogP contribution in [0.5, 0.6) is 0 Å². The molecule has 0 amide bonds. The third-order valence-electron chi connectivity index (χ3n) is 6.63. The molecule has 140 valence electrons. The monoisotopic (exact) mass is 350 g/mol. The molecule has 0 aromatic carbocycles. The number of fused-ring (bicyclic) bond motifs is 1. The fourth-order valence-electron chi connectivity index (χ4n) is 5.51. The van der Waals surface area contributed by atoms with Crippen LogP contribution in [0.1, 0.15) is 59.3 Å². The average molecular weight is 350 g/mol. The third-order valence-corrected chi connectivity index (χ3v) is 6.63. The number of aliphatic hydroxyl groups excluding tert-OH is 1. The molecule has 0 heterocycles. The van der Waals surface area contributed by atoms with Gasteiger partial charge < -0.3 is 15.3 Å². The van der Waals surface area contributed by atoms with Gasteiger partial charge in [0.1, 0.15) is 0 Å². The Hall–Kier alpha value is -1.62. The van der Waals surface area contributed by atoms with Crippen LogP contribution in [-0.4, -0.2) is 33.4 Å². The van der Waals surface area contributed by atoms with Crippen LogP contribution in [0.3, 0.4) is 0 Å². The van der Waals surface area contributed by atoms with Crippen LogP contribution < -0.4 is 0 Å². The number of carbonyl (C=O) groups is 2. The fraction of sp³-hybridized carbons (Fsp3) is 0.700. The highest BCUT2D eigenvalue weighted by atomic mass is 16.4. The molecule has 0 saturated heterocycles. The normalized spacial score (nSPS) is 39.0. The lowest BCUT2D eigenvalue weighted by molar-refractivity contribution is -0.173. The first kappa shape index (κ1) is 19.7. The summed E-state index contributed by atoms with van der Waals surface area (Å²) in [5, 5.41) is 29.1. The predicted octanol–water partition coefficient (Wildman–Crippen LogP) is 3.63. The van der Waals surface area contributed by atoms with Gasteiger partial charge in [0.2, 0.25) is 0 Å². The summed E-state index contributed by atoms with van der Waals surface area (Å²) < 4.78 is 0. The van der Waals surface area contributed by atoms with Crippen molar-refractivity contribution in [3.63, 3.8) is 0 Å². The number of aliphatic carboxylic acids is 2. The van der Waals surface area contributed by atoms with Crippen molar-refractivity contribution < 1.29 is 24.9 Å². The van der Waals surface area contributed by atoms with Gasteiger partial charge in [0.05, 0.1) is 11.5 Å². The second-order valence-electron chi connectivity index (χ2n) is 8.46. The lowest BCUT2D eigenvalue weighted by atomic mass is 9.46. The van der Waals surface area contributed by atoms with E-state index in [1.807, 2.05) is 0 Å². The Kier molecular flexibility index (Phi) is 5.47. The van der Waals surface area contributed by atoms with Crippen molar-refractivity contribution in [3.8, 4) is 0 Å². The highest BCUT2D eigenvalue weighted by Crippen LogP contribution is 2.62. The average Bonchev–Trinajstić information content (AvgIpc) is 2.44. The zero-order chi connectivity index (χ0) is 19.0. The minimum atomic E-state index is -0.949. The van der Waals surface area contributed by atoms with E-state index >= 15 is 0 Å². The summed E-state index contributed by atoms with van der Waals surface area (Å²) in [6.07, 6.45) is 4.42. The van der Waals surface area contributed by atoms with Gasteiger partial charge in [-0.25, -0.2) is 4.79 Å². The van der Waals surface area contributed by atoms with Gasteiger partial charge in [-0.05, 0) is 69.6 Å². The molecule has 5 atom stereocenters. The molecule has 2 aliphatic rings. The van der Waals surface area contributed by atoms with Crippen LogP contribution in [0.2, 0.25) is 0 Å². The molecule has 3 N–H and O–H groups in total. The van der Waals surface area contributed by atoms with Crippen molar-refractivity contribution in [2.24, 2.45) is 22.7 Å². The molecule has 0 bridgehead atoms. The maximum Gasteiger partial charge on any atom is 0.328 e. The summed E-state index contributed by atoms with van der Waals surface area (Å²) in [5.41, 5.74) is 0.633. The highest BCUT2D eigenvalue weighted by molar-refractivity contribution is 5.80. The van der Waals surface area contributed by atoms with E-state index in [4.69, 9.17) is 5.11 Å². The summed E-state index contributed by atoms with van der Waals surface area (Å²) in [4.78, 5) is 22.8. The molecule has 0 unspecified atom stereocenters. The molecule has 25 heavy (non-hydrogen) atoms. The Labute approximate surface area is 149 Å². The number of hydrogen-bond donors (Lipinski definition) is 3. The number of carboxylic acids is 2. The van der Waals surface area contributed by atoms with Gasteiger partial charge in [-0.2, -0.15) is 0 Å². The van der Waals surface area contributed by atoms with E-state index in [1.54, 1.807) is 13.8 Å². The topological polar surface area (TPSA) is 94.8 Å². The molecule has 2 rings (SSSR count). The summed E-state index contributed by atoms with van der Waals surface area (Å²) in [6.45, 7) is 9.88. The molecule has 2 saturated carbocycles. The Morgan fingerprint density at radius 3 is 2.48 bits per heavy atom. The molecule has 0 aromatic heterocycles. The maximum atomic E-state index is 12.0. The molecule has 2 fully saturated rings. The Balaban J connectivity index is 2.31. The van der Waals surface area contributed by atoms with Crippen molar-refractivity contribution in [2.75, 3.05) is 0 Å². The van der Waals surface area contributed by atoms with Crippen LogP contribution in [0.25, 0.3) is 0 Å². The maximum absolute atomic E-state index is 12.0. The van der Waals surface area contributed by atoms with E-state index in [0.717, 1.165) is 30.4 Å². The van der Waals surface area contributed by atoms with Crippen molar-refractivity contribution in [2.45, 2.75) is 65.4 Å². The lowest BCUT2D eigenvalue weighted by Gasteiger charge is -2.58. The standard InChI is InChI=1S/C20H30O5/c1-12(9-17(22)23)5-7-15-13(2)6-8-16-19(15,3)10-14(21)11-20(16,4)18(24)25/h9,14-16,21H,2,5-8,10-11H2,1,3-4H3,(H,22,23)(H,24,25)/b12-9+/t14-,15+,16-,19-,20+/m1/s1. The molecule has 0 aliphatic heterocycles. The van der Waals surface area contributed by atoms with Crippen LogP contribution >= 0.6 is 0 Å². The largest absolute Gasteiger partial charge is 0.481 e. The number of rotatable bonds is 5. The van der Waals surface area contributed by atoms with Crippen molar-refractivity contribution in [3.05, 3.63) is 23.8 Å². The molecule has 5 heteroatoms. The van der Waals surface area contributed by atoms with E-state index in [0.29, 0.717) is 19.3 Å². The van der Waals surface area contributed by atoms with Gasteiger partial charge in [-0.1, -0.05) is 24.6 Å². The van der Waals surface area contributed by atoms with E-state index < -0.39 is 23.5 Å². The molecule has 0 radical (unpaired) electrons. The van der Waals surface area contributed by atoms with Crippen LogP contribution in [-0.2, 0) is 9.59 Å². The number of carboxylic acid groups (broad SMARTS) is 2. The lowest BCUT2D eigenvalue weighted by Crippen LogP contribution is -2.56. The first-order valence-corrected chi connectivity index (χ1v) is 9.00. The van der Waals surface area contributed by atoms with Crippen molar-refractivity contribution in [1.29, 1.82) is 0 Å². The van der Waals surface area contributed by atoms with E-state index in [1.165, 1.54) is 6.08 Å². The van der Waals surface area contributed by atoms with Gasteiger partial charge in [-0.15, -0.1) is 0 Å². The SMILES string of the molecule is C=C1CC[C@@H]2[C@](C)(C[C@@H](O)C[C@]2(C)C(=O)O)[C@H]1CC/C(C)=C/C(=O)O. The highest BCUT2D eigenvalue weighted by Gasteiger charge is 2.59. The predicted molar refractivity (Wildman–Crippen MR) is 95.1 cm³/mol. The Morgan fingerprint density at radius 2 is 1.92 bits per heavy atom. The first-order valence-electron chi connectivity index (χ1n) is 9.00. The fourth-order valence-corrected chi connectivity index (χ4v) is 5.51. The summed E-state index contributed by atoms with van der Waals surface area (Å²) >= 11 is 0. The summed E-state index contributed by atoms with van der Waals surface area (Å²) in [7, 11) is 0.